The molecule has 0 heterocycles. The second-order valence-electron chi connectivity index (χ2n) is 7.29. The molecule has 0 unspecified atom stereocenters. The molecule has 0 spiro atoms. The normalized spacial score (nSPS) is 11.2. The lowest BCUT2D eigenvalue weighted by atomic mass is 10.1. The minimum atomic E-state index is -0.290. The van der Waals surface area contributed by atoms with Gasteiger partial charge in [0.05, 0.1) is 0 Å². The third-order valence-electron chi connectivity index (χ3n) is 4.83. The monoisotopic (exact) mass is 412 g/mol. The molecule has 2 aromatic carbocycles. The van der Waals surface area contributed by atoms with E-state index in [1.807, 2.05) is 23.9 Å². The van der Waals surface area contributed by atoms with Crippen LogP contribution in [0.1, 0.15) is 74.2 Å². The maximum atomic E-state index is 12.2. The summed E-state index contributed by atoms with van der Waals surface area (Å²) in [5, 5.41) is 18.8. The molecular formula is C25H32O3S. The number of rotatable bonds is 13. The van der Waals surface area contributed by atoms with Gasteiger partial charge in [-0.15, -0.1) is 11.8 Å². The Kier molecular flexibility index (Phi) is 10.4. The van der Waals surface area contributed by atoms with Crippen molar-refractivity contribution in [2.75, 3.05) is 5.75 Å². The average molecular weight is 413 g/mol. The Balaban J connectivity index is 1.69. The van der Waals surface area contributed by atoms with Gasteiger partial charge in [0.2, 0.25) is 0 Å². The molecule has 4 heteroatoms. The number of hydrogen-bond donors (Lipinski definition) is 2. The summed E-state index contributed by atoms with van der Waals surface area (Å²) in [6.45, 7) is 2.25. The SMILES string of the molecule is CCCCCCCCCCSc1ccc(/C=C/C(=O)c2ccc(O)c(O)c2)cc1. The van der Waals surface area contributed by atoms with Gasteiger partial charge in [-0.25, -0.2) is 0 Å². The predicted molar refractivity (Wildman–Crippen MR) is 123 cm³/mol. The van der Waals surface area contributed by atoms with E-state index in [9.17, 15) is 15.0 Å². The Morgan fingerprint density at radius 1 is 0.862 bits per heavy atom. The molecule has 2 aromatic rings. The summed E-state index contributed by atoms with van der Waals surface area (Å²) in [5.74, 6) is 0.411. The second-order valence-corrected chi connectivity index (χ2v) is 8.46. The van der Waals surface area contributed by atoms with Crippen LogP contribution in [0.25, 0.3) is 6.08 Å². The molecule has 0 bridgehead atoms. The van der Waals surface area contributed by atoms with Crippen molar-refractivity contribution < 1.29 is 15.0 Å². The van der Waals surface area contributed by atoms with Crippen LogP contribution < -0.4 is 0 Å². The van der Waals surface area contributed by atoms with Crippen LogP contribution in [-0.2, 0) is 0 Å². The van der Waals surface area contributed by atoms with Crippen LogP contribution in [-0.4, -0.2) is 21.7 Å². The fraction of sp³-hybridized carbons (Fsp3) is 0.400. The van der Waals surface area contributed by atoms with E-state index in [4.69, 9.17) is 0 Å². The van der Waals surface area contributed by atoms with Crippen molar-refractivity contribution in [3.63, 3.8) is 0 Å². The maximum Gasteiger partial charge on any atom is 0.185 e. The highest BCUT2D eigenvalue weighted by atomic mass is 32.2. The van der Waals surface area contributed by atoms with Crippen molar-refractivity contribution in [2.24, 2.45) is 0 Å². The smallest absolute Gasteiger partial charge is 0.185 e. The summed E-state index contributed by atoms with van der Waals surface area (Å²) in [6, 6.07) is 12.3. The molecule has 0 aromatic heterocycles. The molecule has 0 fully saturated rings. The molecule has 29 heavy (non-hydrogen) atoms. The van der Waals surface area contributed by atoms with Crippen LogP contribution in [0.15, 0.2) is 53.4 Å². The molecule has 2 rings (SSSR count). The molecule has 0 radical (unpaired) electrons. The molecule has 0 saturated carbocycles. The van der Waals surface area contributed by atoms with Gasteiger partial charge in [0.25, 0.3) is 0 Å². The number of thioether (sulfide) groups is 1. The highest BCUT2D eigenvalue weighted by molar-refractivity contribution is 7.99. The summed E-state index contributed by atoms with van der Waals surface area (Å²) in [6.07, 6.45) is 14.0. The van der Waals surface area contributed by atoms with Crippen molar-refractivity contribution in [3.05, 3.63) is 59.7 Å². The molecule has 3 nitrogen and oxygen atoms in total. The van der Waals surface area contributed by atoms with Gasteiger partial charge in [0, 0.05) is 10.5 Å². The van der Waals surface area contributed by atoms with Crippen LogP contribution >= 0.6 is 11.8 Å². The van der Waals surface area contributed by atoms with Crippen LogP contribution in [0.2, 0.25) is 0 Å². The Morgan fingerprint density at radius 2 is 1.52 bits per heavy atom. The third-order valence-corrected chi connectivity index (χ3v) is 5.93. The number of phenolic OH excluding ortho intramolecular Hbond substituents is 2. The lowest BCUT2D eigenvalue weighted by Crippen LogP contribution is -1.93. The molecule has 0 aliphatic carbocycles. The number of ketones is 1. The van der Waals surface area contributed by atoms with Gasteiger partial charge in [-0.3, -0.25) is 4.79 Å². The molecule has 2 N–H and O–H groups in total. The first-order valence-corrected chi connectivity index (χ1v) is 11.6. The zero-order valence-electron chi connectivity index (χ0n) is 17.3. The maximum absolute atomic E-state index is 12.2. The highest BCUT2D eigenvalue weighted by Gasteiger charge is 2.06. The van der Waals surface area contributed by atoms with Gasteiger partial charge >= 0.3 is 0 Å². The van der Waals surface area contributed by atoms with E-state index in [1.54, 1.807) is 6.08 Å². The van der Waals surface area contributed by atoms with E-state index in [2.05, 4.69) is 19.1 Å². The standard InChI is InChI=1S/C25H32O3S/c1-2-3-4-5-6-7-8-9-18-29-22-14-10-20(11-15-22)12-16-23(26)21-13-17-24(27)25(28)19-21/h10-17,19,27-28H,2-9,18H2,1H3/b16-12+. The molecule has 0 aliphatic rings. The average Bonchev–Trinajstić information content (AvgIpc) is 2.73. The molecular weight excluding hydrogens is 380 g/mol. The third kappa shape index (κ3) is 8.78. The molecule has 0 atom stereocenters. The number of carbonyl (C=O) groups excluding carboxylic acids is 1. The number of hydrogen-bond acceptors (Lipinski definition) is 4. The topological polar surface area (TPSA) is 57.5 Å². The Hall–Kier alpha value is -2.20. The molecule has 0 amide bonds. The van der Waals surface area contributed by atoms with Gasteiger partial charge in [0.1, 0.15) is 0 Å². The number of aromatic hydroxyl groups is 2. The van der Waals surface area contributed by atoms with Gasteiger partial charge in [-0.1, -0.05) is 70.1 Å². The van der Waals surface area contributed by atoms with Crippen LogP contribution in [0.5, 0.6) is 11.5 Å². The first-order valence-electron chi connectivity index (χ1n) is 10.6. The number of allylic oxidation sites excluding steroid dienone is 1. The Bertz CT molecular complexity index is 781. The number of benzene rings is 2. The first-order chi connectivity index (χ1) is 14.1. The van der Waals surface area contributed by atoms with Crippen molar-refractivity contribution in [1.29, 1.82) is 0 Å². The minimum absolute atomic E-state index is 0.214. The van der Waals surface area contributed by atoms with E-state index >= 15 is 0 Å². The van der Waals surface area contributed by atoms with Gasteiger partial charge in [0.15, 0.2) is 17.3 Å². The highest BCUT2D eigenvalue weighted by Crippen LogP contribution is 2.25. The van der Waals surface area contributed by atoms with Gasteiger partial charge in [-0.05, 0) is 54.1 Å². The molecule has 0 saturated heterocycles. The Labute approximate surface area is 178 Å². The summed E-state index contributed by atoms with van der Waals surface area (Å²) in [7, 11) is 0. The van der Waals surface area contributed by atoms with Gasteiger partial charge < -0.3 is 10.2 Å². The zero-order valence-corrected chi connectivity index (χ0v) is 18.1. The minimum Gasteiger partial charge on any atom is -0.504 e. The fourth-order valence-electron chi connectivity index (χ4n) is 3.05. The zero-order chi connectivity index (χ0) is 20.9. The summed E-state index contributed by atoms with van der Waals surface area (Å²) in [5.41, 5.74) is 1.30. The van der Waals surface area contributed by atoms with Crippen molar-refractivity contribution >= 4 is 23.6 Å². The van der Waals surface area contributed by atoms with E-state index in [1.165, 1.54) is 80.5 Å². The predicted octanol–water partition coefficient (Wildman–Crippen LogP) is 7.23. The largest absolute Gasteiger partial charge is 0.504 e. The molecule has 156 valence electrons. The van der Waals surface area contributed by atoms with E-state index < -0.39 is 0 Å². The van der Waals surface area contributed by atoms with Crippen LogP contribution in [0.4, 0.5) is 0 Å². The van der Waals surface area contributed by atoms with Crippen molar-refractivity contribution in [1.82, 2.24) is 0 Å². The first kappa shape index (κ1) is 23.1. The van der Waals surface area contributed by atoms with Crippen molar-refractivity contribution in [2.45, 2.75) is 63.2 Å². The van der Waals surface area contributed by atoms with Crippen LogP contribution in [0.3, 0.4) is 0 Å². The number of carbonyl (C=O) groups is 1. The summed E-state index contributed by atoms with van der Waals surface area (Å²) in [4.78, 5) is 13.4. The molecule has 0 aliphatic heterocycles. The quantitative estimate of drug-likeness (QED) is 0.120. The number of phenols is 2. The lowest BCUT2D eigenvalue weighted by Gasteiger charge is -2.03. The second kappa shape index (κ2) is 13.1. The Morgan fingerprint density at radius 3 is 2.17 bits per heavy atom. The summed E-state index contributed by atoms with van der Waals surface area (Å²) >= 11 is 1.88. The number of unbranched alkanes of at least 4 members (excludes halogenated alkanes) is 7. The van der Waals surface area contributed by atoms with E-state index in [0.717, 1.165) is 11.3 Å². The lowest BCUT2D eigenvalue weighted by molar-refractivity contribution is 0.104. The van der Waals surface area contributed by atoms with E-state index in [0.29, 0.717) is 5.56 Å². The van der Waals surface area contributed by atoms with Crippen LogP contribution in [0, 0.1) is 0 Å². The summed E-state index contributed by atoms with van der Waals surface area (Å²) < 4.78 is 0. The van der Waals surface area contributed by atoms with Crippen molar-refractivity contribution in [3.8, 4) is 11.5 Å². The fourth-order valence-corrected chi connectivity index (χ4v) is 3.96. The van der Waals surface area contributed by atoms with Gasteiger partial charge in [-0.2, -0.15) is 0 Å². The van der Waals surface area contributed by atoms with E-state index in [-0.39, 0.29) is 17.3 Å².